The Morgan fingerprint density at radius 2 is 1.96 bits per heavy atom. The van der Waals surface area contributed by atoms with Crippen LogP contribution in [-0.4, -0.2) is 48.3 Å². The molecule has 130 valence electrons. The Morgan fingerprint density at radius 1 is 1.29 bits per heavy atom. The summed E-state index contributed by atoms with van der Waals surface area (Å²) in [6.07, 6.45) is -2.26. The van der Waals surface area contributed by atoms with E-state index in [9.17, 15) is 23.3 Å². The maximum absolute atomic E-state index is 13.5. The van der Waals surface area contributed by atoms with Gasteiger partial charge in [0, 0.05) is 31.7 Å². The molecule has 1 aromatic rings. The van der Waals surface area contributed by atoms with E-state index in [-0.39, 0.29) is 16.9 Å². The smallest absolute Gasteiger partial charge is 0.314 e. The van der Waals surface area contributed by atoms with Gasteiger partial charge in [0.25, 0.3) is 5.69 Å². The quantitative estimate of drug-likeness (QED) is 0.661. The Morgan fingerprint density at radius 3 is 2.54 bits per heavy atom. The zero-order valence-electron chi connectivity index (χ0n) is 13.0. The fourth-order valence-electron chi connectivity index (χ4n) is 3.18. The molecule has 0 saturated carbocycles. The molecule has 1 atom stereocenters. The highest BCUT2D eigenvalue weighted by atomic mass is 19.4. The van der Waals surface area contributed by atoms with Crippen molar-refractivity contribution in [2.75, 3.05) is 31.2 Å². The summed E-state index contributed by atoms with van der Waals surface area (Å²) in [6, 6.07) is 1.20. The molecule has 3 rings (SSSR count). The average molecular weight is 342 g/mol. The minimum Gasteiger partial charge on any atom is -0.314 e. The lowest BCUT2D eigenvalue weighted by molar-refractivity contribution is -0.385. The van der Waals surface area contributed by atoms with E-state index in [1.165, 1.54) is 18.2 Å². The van der Waals surface area contributed by atoms with Crippen LogP contribution in [0.5, 0.6) is 0 Å². The number of hydrogen-bond acceptors (Lipinski definition) is 5. The molecule has 0 spiro atoms. The van der Waals surface area contributed by atoms with E-state index in [1.54, 1.807) is 11.9 Å². The van der Waals surface area contributed by atoms with E-state index in [1.807, 2.05) is 0 Å². The number of hydrogen-bond donors (Lipinski definition) is 1. The van der Waals surface area contributed by atoms with Crippen LogP contribution in [0.25, 0.3) is 6.08 Å². The summed E-state index contributed by atoms with van der Waals surface area (Å²) >= 11 is 0. The molecule has 2 aliphatic heterocycles. The van der Waals surface area contributed by atoms with Crippen LogP contribution in [0.2, 0.25) is 0 Å². The number of rotatable bonds is 2. The first-order valence-electron chi connectivity index (χ1n) is 7.58. The molecular formula is C15H17F3N4O2. The maximum atomic E-state index is 13.5. The molecule has 1 unspecified atom stereocenters. The summed E-state index contributed by atoms with van der Waals surface area (Å²) in [5, 5.41) is 17.2. The van der Waals surface area contributed by atoms with Crippen LogP contribution in [0, 0.1) is 17.0 Å². The number of fused-ring (bicyclic) bond motifs is 1. The van der Waals surface area contributed by atoms with Gasteiger partial charge in [-0.15, -0.1) is 0 Å². The van der Waals surface area contributed by atoms with Gasteiger partial charge < -0.3 is 5.32 Å². The lowest BCUT2D eigenvalue weighted by atomic mass is 9.99. The highest BCUT2D eigenvalue weighted by molar-refractivity contribution is 5.80. The summed E-state index contributed by atoms with van der Waals surface area (Å²) in [7, 11) is 0. The van der Waals surface area contributed by atoms with Gasteiger partial charge in [0.1, 0.15) is 0 Å². The molecular weight excluding hydrogens is 325 g/mol. The maximum Gasteiger partial charge on any atom is 0.413 e. The van der Waals surface area contributed by atoms with Crippen molar-refractivity contribution >= 4 is 17.5 Å². The number of nitro groups is 1. The third-order valence-electron chi connectivity index (χ3n) is 4.27. The molecule has 9 heteroatoms. The van der Waals surface area contributed by atoms with Crippen molar-refractivity contribution < 1.29 is 18.1 Å². The highest BCUT2D eigenvalue weighted by Crippen LogP contribution is 2.42. The normalized spacial score (nSPS) is 21.7. The van der Waals surface area contributed by atoms with Crippen LogP contribution < -0.4 is 10.3 Å². The Hall–Kier alpha value is -2.13. The van der Waals surface area contributed by atoms with Crippen molar-refractivity contribution in [3.8, 4) is 0 Å². The number of alkyl halides is 3. The first kappa shape index (κ1) is 16.7. The summed E-state index contributed by atoms with van der Waals surface area (Å²) in [5.41, 5.74) is 0.719. The second kappa shape index (κ2) is 6.06. The van der Waals surface area contributed by atoms with E-state index in [0.29, 0.717) is 31.7 Å². The summed E-state index contributed by atoms with van der Waals surface area (Å²) in [4.78, 5) is 10.8. The van der Waals surface area contributed by atoms with Crippen LogP contribution in [0.3, 0.4) is 0 Å². The topological polar surface area (TPSA) is 61.7 Å². The summed E-state index contributed by atoms with van der Waals surface area (Å²) in [6.45, 7) is 3.52. The van der Waals surface area contributed by atoms with E-state index in [4.69, 9.17) is 0 Å². The first-order valence-corrected chi connectivity index (χ1v) is 7.58. The number of halogens is 3. The molecule has 0 aromatic heterocycles. The van der Waals surface area contributed by atoms with Gasteiger partial charge in [-0.1, -0.05) is 12.1 Å². The molecule has 24 heavy (non-hydrogen) atoms. The van der Waals surface area contributed by atoms with Crippen LogP contribution in [0.4, 0.5) is 24.5 Å². The number of nitro benzene ring substituents is 1. The third kappa shape index (κ3) is 2.84. The van der Waals surface area contributed by atoms with Crippen LogP contribution >= 0.6 is 0 Å². The Labute approximate surface area is 136 Å². The molecule has 1 aromatic carbocycles. The van der Waals surface area contributed by atoms with Crippen molar-refractivity contribution in [2.24, 2.45) is 0 Å². The fraction of sp³-hybridized carbons (Fsp3) is 0.467. The molecule has 1 fully saturated rings. The summed E-state index contributed by atoms with van der Waals surface area (Å²) in [5.74, 6) is 0. The van der Waals surface area contributed by atoms with Crippen LogP contribution in [0.15, 0.2) is 18.2 Å². The number of benzene rings is 1. The molecule has 0 amide bonds. The average Bonchev–Trinajstić information content (AvgIpc) is 2.53. The number of anilines is 1. The number of piperazine rings is 1. The van der Waals surface area contributed by atoms with Gasteiger partial charge >= 0.3 is 6.18 Å². The SMILES string of the molecule is Cc1ccc2c(c1[N+](=O)[O-])C=CC(C(F)(F)F)N2N1CCNCC1. The van der Waals surface area contributed by atoms with Crippen molar-refractivity contribution in [1.82, 2.24) is 10.3 Å². The van der Waals surface area contributed by atoms with E-state index >= 15 is 0 Å². The zero-order chi connectivity index (χ0) is 17.5. The van der Waals surface area contributed by atoms with Gasteiger partial charge in [0.15, 0.2) is 6.04 Å². The Kier molecular flexibility index (Phi) is 4.22. The first-order chi connectivity index (χ1) is 11.3. The van der Waals surface area contributed by atoms with Gasteiger partial charge in [0.05, 0.1) is 16.2 Å². The Balaban J connectivity index is 2.14. The minimum atomic E-state index is -4.47. The second-order valence-electron chi connectivity index (χ2n) is 5.81. The van der Waals surface area contributed by atoms with E-state index < -0.39 is 17.1 Å². The lowest BCUT2D eigenvalue weighted by Gasteiger charge is -2.45. The van der Waals surface area contributed by atoms with Crippen LogP contribution in [-0.2, 0) is 0 Å². The van der Waals surface area contributed by atoms with Gasteiger partial charge in [-0.3, -0.25) is 15.1 Å². The second-order valence-corrected chi connectivity index (χ2v) is 5.81. The number of aryl methyl sites for hydroxylation is 1. The number of hydrazine groups is 1. The van der Waals surface area contributed by atoms with Gasteiger partial charge in [-0.05, 0) is 19.1 Å². The van der Waals surface area contributed by atoms with Crippen molar-refractivity contribution in [3.63, 3.8) is 0 Å². The molecule has 0 aliphatic carbocycles. The van der Waals surface area contributed by atoms with Crippen molar-refractivity contribution in [2.45, 2.75) is 19.1 Å². The molecule has 2 aliphatic rings. The number of nitrogens with zero attached hydrogens (tertiary/aromatic N) is 3. The number of nitrogens with one attached hydrogen (secondary N) is 1. The molecule has 0 bridgehead atoms. The Bertz CT molecular complexity index is 684. The van der Waals surface area contributed by atoms with E-state index in [2.05, 4.69) is 5.32 Å². The largest absolute Gasteiger partial charge is 0.413 e. The standard InChI is InChI=1S/C15H17F3N4O2/c1-10-2-4-12-11(14(10)22(23)24)3-5-13(15(16,17)18)21(12)20-8-6-19-7-9-20/h2-5,13,19H,6-9H2,1H3. The van der Waals surface area contributed by atoms with Crippen molar-refractivity contribution in [3.05, 3.63) is 39.4 Å². The minimum absolute atomic E-state index is 0.149. The van der Waals surface area contributed by atoms with Crippen molar-refractivity contribution in [1.29, 1.82) is 0 Å². The highest BCUT2D eigenvalue weighted by Gasteiger charge is 2.47. The van der Waals surface area contributed by atoms with Gasteiger partial charge in [-0.2, -0.15) is 13.2 Å². The van der Waals surface area contributed by atoms with Gasteiger partial charge in [0.2, 0.25) is 0 Å². The molecule has 0 radical (unpaired) electrons. The third-order valence-corrected chi connectivity index (χ3v) is 4.27. The van der Waals surface area contributed by atoms with Crippen LogP contribution in [0.1, 0.15) is 11.1 Å². The van der Waals surface area contributed by atoms with Gasteiger partial charge in [-0.25, -0.2) is 5.01 Å². The molecule has 6 nitrogen and oxygen atoms in total. The predicted molar refractivity (Wildman–Crippen MR) is 83.6 cm³/mol. The summed E-state index contributed by atoms with van der Waals surface area (Å²) < 4.78 is 40.5. The predicted octanol–water partition coefficient (Wildman–Crippen LogP) is 2.49. The molecule has 2 heterocycles. The molecule has 1 saturated heterocycles. The fourth-order valence-corrected chi connectivity index (χ4v) is 3.18. The van der Waals surface area contributed by atoms with E-state index in [0.717, 1.165) is 11.1 Å². The molecule has 1 N–H and O–H groups in total. The monoisotopic (exact) mass is 342 g/mol. The lowest BCUT2D eigenvalue weighted by Crippen LogP contribution is -2.60. The zero-order valence-corrected chi connectivity index (χ0v) is 13.0.